The lowest BCUT2D eigenvalue weighted by Gasteiger charge is -2.29. The maximum Gasteiger partial charge on any atom is 0.120 e. The third-order valence-corrected chi connectivity index (χ3v) is 6.11. The fourth-order valence-corrected chi connectivity index (χ4v) is 4.16. The van der Waals surface area contributed by atoms with Gasteiger partial charge in [-0.25, -0.2) is 0 Å². The highest BCUT2D eigenvalue weighted by Gasteiger charge is 2.23. The van der Waals surface area contributed by atoms with Crippen LogP contribution in [0.2, 0.25) is 0 Å². The Hall–Kier alpha value is -1.58. The van der Waals surface area contributed by atoms with Gasteiger partial charge >= 0.3 is 0 Å². The largest absolute Gasteiger partial charge is 0.490 e. The van der Waals surface area contributed by atoms with Gasteiger partial charge in [-0.3, -0.25) is 0 Å². The van der Waals surface area contributed by atoms with Crippen LogP contribution in [-0.4, -0.2) is 17.8 Å². The molecule has 0 saturated heterocycles. The molecule has 0 radical (unpaired) electrons. The Labute approximate surface area is 163 Å². The number of hydrogen-bond donors (Lipinski definition) is 2. The van der Waals surface area contributed by atoms with E-state index in [1.54, 1.807) is 0 Å². The van der Waals surface area contributed by atoms with E-state index in [9.17, 15) is 5.11 Å². The highest BCUT2D eigenvalue weighted by atomic mass is 16.5. The molecular formula is C24H35NO2. The Morgan fingerprint density at radius 1 is 1.04 bits per heavy atom. The van der Waals surface area contributed by atoms with Crippen molar-refractivity contribution < 1.29 is 9.84 Å². The van der Waals surface area contributed by atoms with Crippen LogP contribution in [0.4, 0.5) is 0 Å². The molecular weight excluding hydrogens is 334 g/mol. The minimum Gasteiger partial charge on any atom is -0.490 e. The zero-order valence-corrected chi connectivity index (χ0v) is 16.9. The normalized spacial score (nSPS) is 22.5. The van der Waals surface area contributed by atoms with Gasteiger partial charge in [-0.2, -0.15) is 0 Å². The second kappa shape index (κ2) is 9.07. The van der Waals surface area contributed by atoms with E-state index in [2.05, 4.69) is 37.3 Å². The predicted octanol–water partition coefficient (Wildman–Crippen LogP) is 5.52. The summed E-state index contributed by atoms with van der Waals surface area (Å²) in [6.07, 6.45) is 10.8. The Bertz CT molecular complexity index is 732. The lowest BCUT2D eigenvalue weighted by Crippen LogP contribution is -2.36. The quantitative estimate of drug-likeness (QED) is 0.602. The van der Waals surface area contributed by atoms with Crippen LogP contribution in [-0.2, 0) is 5.54 Å². The van der Waals surface area contributed by atoms with Gasteiger partial charge in [-0.15, -0.1) is 0 Å². The third kappa shape index (κ3) is 5.24. The molecule has 3 nitrogen and oxygen atoms in total. The van der Waals surface area contributed by atoms with Crippen molar-refractivity contribution in [3.63, 3.8) is 0 Å². The van der Waals surface area contributed by atoms with Crippen LogP contribution in [0.1, 0.15) is 70.8 Å². The molecule has 2 aromatic rings. The zero-order valence-electron chi connectivity index (χ0n) is 16.9. The van der Waals surface area contributed by atoms with Crippen molar-refractivity contribution in [3.05, 3.63) is 42.0 Å². The molecule has 1 fully saturated rings. The van der Waals surface area contributed by atoms with Crippen LogP contribution in [0.25, 0.3) is 10.8 Å². The smallest absolute Gasteiger partial charge is 0.120 e. The molecule has 0 bridgehead atoms. The Morgan fingerprint density at radius 2 is 1.74 bits per heavy atom. The summed E-state index contributed by atoms with van der Waals surface area (Å²) in [5.41, 5.74) is 6.40. The maximum atomic E-state index is 9.48. The first-order valence-electron chi connectivity index (χ1n) is 10.6. The summed E-state index contributed by atoms with van der Waals surface area (Å²) in [6, 6.07) is 12.4. The lowest BCUT2D eigenvalue weighted by molar-refractivity contribution is 0.128. The van der Waals surface area contributed by atoms with Gasteiger partial charge in [0, 0.05) is 0 Å². The first-order valence-corrected chi connectivity index (χ1v) is 10.6. The van der Waals surface area contributed by atoms with Crippen LogP contribution in [0.3, 0.4) is 0 Å². The van der Waals surface area contributed by atoms with Crippen molar-refractivity contribution in [2.75, 3.05) is 6.61 Å². The van der Waals surface area contributed by atoms with Gasteiger partial charge in [0.25, 0.3) is 0 Å². The fourth-order valence-electron chi connectivity index (χ4n) is 4.16. The van der Waals surface area contributed by atoms with E-state index in [-0.39, 0.29) is 6.61 Å². The number of ether oxygens (including phenoxy) is 1. The van der Waals surface area contributed by atoms with E-state index in [4.69, 9.17) is 10.5 Å². The molecule has 0 amide bonds. The van der Waals surface area contributed by atoms with Crippen LogP contribution in [0, 0.1) is 5.92 Å². The molecule has 148 valence electrons. The number of aliphatic hydroxyl groups is 1. The van der Waals surface area contributed by atoms with Crippen molar-refractivity contribution in [2.45, 2.75) is 76.9 Å². The van der Waals surface area contributed by atoms with E-state index in [0.29, 0.717) is 6.10 Å². The summed E-state index contributed by atoms with van der Waals surface area (Å²) in [5, 5.41) is 11.8. The molecule has 3 heteroatoms. The maximum absolute atomic E-state index is 9.48. The number of unbranched alkanes of at least 4 members (excludes halogenated alkanes) is 2. The van der Waals surface area contributed by atoms with Crippen LogP contribution < -0.4 is 10.5 Å². The first kappa shape index (κ1) is 20.2. The van der Waals surface area contributed by atoms with E-state index >= 15 is 0 Å². The molecule has 2 aromatic carbocycles. The van der Waals surface area contributed by atoms with E-state index < -0.39 is 5.54 Å². The molecule has 1 aliphatic rings. The van der Waals surface area contributed by atoms with Crippen LogP contribution in [0.5, 0.6) is 5.75 Å². The summed E-state index contributed by atoms with van der Waals surface area (Å²) < 4.78 is 6.29. The topological polar surface area (TPSA) is 55.5 Å². The average molecular weight is 370 g/mol. The van der Waals surface area contributed by atoms with Crippen molar-refractivity contribution in [2.24, 2.45) is 11.7 Å². The summed E-state index contributed by atoms with van der Waals surface area (Å²) in [7, 11) is 0. The summed E-state index contributed by atoms with van der Waals surface area (Å²) >= 11 is 0. The highest BCUT2D eigenvalue weighted by molar-refractivity contribution is 5.84. The minimum absolute atomic E-state index is 0.0686. The van der Waals surface area contributed by atoms with Crippen molar-refractivity contribution in [3.8, 4) is 5.75 Å². The molecule has 1 atom stereocenters. The van der Waals surface area contributed by atoms with Crippen LogP contribution >= 0.6 is 0 Å². The zero-order chi connectivity index (χ0) is 19.3. The Morgan fingerprint density at radius 3 is 2.44 bits per heavy atom. The predicted molar refractivity (Wildman–Crippen MR) is 113 cm³/mol. The molecule has 0 aliphatic heterocycles. The Balaban J connectivity index is 1.59. The van der Waals surface area contributed by atoms with Crippen molar-refractivity contribution in [1.29, 1.82) is 0 Å². The summed E-state index contributed by atoms with van der Waals surface area (Å²) in [5.74, 6) is 1.87. The molecule has 0 aromatic heterocycles. The monoisotopic (exact) mass is 369 g/mol. The van der Waals surface area contributed by atoms with Gasteiger partial charge in [0.1, 0.15) is 5.75 Å². The van der Waals surface area contributed by atoms with Gasteiger partial charge in [0.05, 0.1) is 18.2 Å². The van der Waals surface area contributed by atoms with Crippen LogP contribution in [0.15, 0.2) is 36.4 Å². The summed E-state index contributed by atoms with van der Waals surface area (Å²) in [6.45, 7) is 4.06. The molecule has 3 N–H and O–H groups in total. The second-order valence-electron chi connectivity index (χ2n) is 8.56. The summed E-state index contributed by atoms with van der Waals surface area (Å²) in [4.78, 5) is 0. The second-order valence-corrected chi connectivity index (χ2v) is 8.56. The average Bonchev–Trinajstić information content (AvgIpc) is 2.69. The van der Waals surface area contributed by atoms with Gasteiger partial charge in [0.15, 0.2) is 0 Å². The molecule has 0 spiro atoms. The number of benzene rings is 2. The Kier molecular flexibility index (Phi) is 6.78. The SMILES string of the molecule is CCCCC[C@H]1CC[C@H](Oc2ccc3cc([C@@](C)(N)CO)ccc3c2)CC1. The molecule has 0 heterocycles. The van der Waals surface area contributed by atoms with Gasteiger partial charge < -0.3 is 15.6 Å². The number of rotatable bonds is 8. The van der Waals surface area contributed by atoms with Crippen molar-refractivity contribution in [1.82, 2.24) is 0 Å². The molecule has 3 rings (SSSR count). The first-order chi connectivity index (χ1) is 13.0. The van der Waals surface area contributed by atoms with Gasteiger partial charge in [0.2, 0.25) is 0 Å². The number of fused-ring (bicyclic) bond motifs is 1. The van der Waals surface area contributed by atoms with Crippen molar-refractivity contribution >= 4 is 10.8 Å². The minimum atomic E-state index is -0.709. The molecule has 1 aliphatic carbocycles. The third-order valence-electron chi connectivity index (χ3n) is 6.11. The number of hydrogen-bond acceptors (Lipinski definition) is 3. The van der Waals surface area contributed by atoms with E-state index in [1.807, 2.05) is 13.0 Å². The fraction of sp³-hybridized carbons (Fsp3) is 0.583. The molecule has 1 saturated carbocycles. The van der Waals surface area contributed by atoms with Gasteiger partial charge in [-0.1, -0.05) is 50.8 Å². The molecule has 27 heavy (non-hydrogen) atoms. The lowest BCUT2D eigenvalue weighted by atomic mass is 9.84. The van der Waals surface area contributed by atoms with Gasteiger partial charge in [-0.05, 0) is 73.1 Å². The highest BCUT2D eigenvalue weighted by Crippen LogP contribution is 2.32. The van der Waals surface area contributed by atoms with E-state index in [0.717, 1.165) is 28.0 Å². The van der Waals surface area contributed by atoms with E-state index in [1.165, 1.54) is 51.4 Å². The standard InChI is InChI=1S/C24H35NO2/c1-3-4-5-6-18-7-12-22(13-8-18)27-23-14-10-19-15-21(24(2,25)17-26)11-9-20(19)16-23/h9-11,14-16,18,22,26H,3-8,12-13,17,25H2,1-2H3/t18-,22-,24-/m0/s1. The number of nitrogens with two attached hydrogens (primary N) is 1. The molecule has 0 unspecified atom stereocenters. The number of aliphatic hydroxyl groups excluding tert-OH is 1.